The van der Waals surface area contributed by atoms with Crippen molar-refractivity contribution in [2.45, 2.75) is 19.8 Å². The summed E-state index contributed by atoms with van der Waals surface area (Å²) in [7, 11) is 0. The lowest BCUT2D eigenvalue weighted by Crippen LogP contribution is -1.99. The second-order valence-electron chi connectivity index (χ2n) is 5.12. The first kappa shape index (κ1) is 15.4. The molecule has 0 bridgehead atoms. The average Bonchev–Trinajstić information content (AvgIpc) is 2.47. The van der Waals surface area contributed by atoms with Crippen molar-refractivity contribution in [3.63, 3.8) is 0 Å². The number of benzene rings is 2. The predicted octanol–water partition coefficient (Wildman–Crippen LogP) is 4.37. The molecule has 0 unspecified atom stereocenters. The van der Waals surface area contributed by atoms with Gasteiger partial charge in [0.15, 0.2) is 0 Å². The molecule has 22 heavy (non-hydrogen) atoms. The number of hydrogen-bond acceptors (Lipinski definition) is 5. The van der Waals surface area contributed by atoms with Crippen LogP contribution in [0, 0.1) is 20.2 Å². The monoisotopic (exact) mass is 301 g/mol. The number of hydrogen-bond donors (Lipinski definition) is 1. The Balaban J connectivity index is 2.32. The van der Waals surface area contributed by atoms with Crippen LogP contribution < -0.4 is 5.32 Å². The lowest BCUT2D eigenvalue weighted by molar-refractivity contribution is -0.393. The van der Waals surface area contributed by atoms with Gasteiger partial charge in [0.05, 0.1) is 15.9 Å². The molecule has 2 rings (SSSR count). The zero-order chi connectivity index (χ0) is 16.3. The maximum absolute atomic E-state index is 11.1. The third kappa shape index (κ3) is 3.38. The Morgan fingerprint density at radius 1 is 0.955 bits per heavy atom. The molecule has 0 aliphatic carbocycles. The van der Waals surface area contributed by atoms with Crippen LogP contribution in [0.1, 0.15) is 25.3 Å². The van der Waals surface area contributed by atoms with E-state index in [4.69, 9.17) is 0 Å². The Kier molecular flexibility index (Phi) is 4.36. The summed E-state index contributed by atoms with van der Waals surface area (Å²) in [4.78, 5) is 20.5. The molecule has 0 saturated carbocycles. The number of nitro benzene ring substituents is 2. The Bertz CT molecular complexity index is 711. The van der Waals surface area contributed by atoms with Gasteiger partial charge >= 0.3 is 0 Å². The van der Waals surface area contributed by atoms with Crippen LogP contribution in [0.3, 0.4) is 0 Å². The first-order valence-electron chi connectivity index (χ1n) is 6.68. The van der Waals surface area contributed by atoms with Gasteiger partial charge in [0.1, 0.15) is 5.69 Å². The van der Waals surface area contributed by atoms with Crippen molar-refractivity contribution in [1.82, 2.24) is 0 Å². The van der Waals surface area contributed by atoms with Gasteiger partial charge in [0.2, 0.25) is 0 Å². The normalized spacial score (nSPS) is 10.5. The molecule has 0 aliphatic rings. The highest BCUT2D eigenvalue weighted by Gasteiger charge is 2.19. The van der Waals surface area contributed by atoms with Crippen molar-refractivity contribution in [2.24, 2.45) is 0 Å². The quantitative estimate of drug-likeness (QED) is 0.653. The molecule has 7 heteroatoms. The minimum Gasteiger partial charge on any atom is -0.350 e. The van der Waals surface area contributed by atoms with Crippen molar-refractivity contribution >= 4 is 22.7 Å². The molecule has 0 saturated heterocycles. The minimum atomic E-state index is -0.659. The molecule has 114 valence electrons. The van der Waals surface area contributed by atoms with Crippen molar-refractivity contribution in [1.29, 1.82) is 0 Å². The zero-order valence-electron chi connectivity index (χ0n) is 12.1. The van der Waals surface area contributed by atoms with E-state index in [1.165, 1.54) is 12.1 Å². The van der Waals surface area contributed by atoms with Gasteiger partial charge in [0, 0.05) is 11.8 Å². The first-order chi connectivity index (χ1) is 10.4. The molecular weight excluding hydrogens is 286 g/mol. The summed E-state index contributed by atoms with van der Waals surface area (Å²) >= 11 is 0. The summed E-state index contributed by atoms with van der Waals surface area (Å²) in [5, 5.41) is 24.7. The highest BCUT2D eigenvalue weighted by Crippen LogP contribution is 2.31. The highest BCUT2D eigenvalue weighted by atomic mass is 16.6. The average molecular weight is 301 g/mol. The molecule has 0 radical (unpaired) electrons. The third-order valence-corrected chi connectivity index (χ3v) is 3.25. The van der Waals surface area contributed by atoms with Crippen LogP contribution in [0.25, 0.3) is 0 Å². The second-order valence-corrected chi connectivity index (χ2v) is 5.12. The number of nitrogens with one attached hydrogen (secondary N) is 1. The molecule has 0 fully saturated rings. The molecule has 0 aromatic heterocycles. The van der Waals surface area contributed by atoms with Crippen LogP contribution in [0.2, 0.25) is 0 Å². The number of anilines is 2. The van der Waals surface area contributed by atoms with Gasteiger partial charge < -0.3 is 5.32 Å². The lowest BCUT2D eigenvalue weighted by atomic mass is 10.0. The Labute approximate surface area is 126 Å². The largest absolute Gasteiger partial charge is 0.350 e. The molecule has 2 aromatic carbocycles. The van der Waals surface area contributed by atoms with E-state index in [1.807, 2.05) is 24.3 Å². The van der Waals surface area contributed by atoms with Gasteiger partial charge in [-0.1, -0.05) is 26.0 Å². The van der Waals surface area contributed by atoms with E-state index in [2.05, 4.69) is 19.2 Å². The SMILES string of the molecule is CC(C)c1ccc(Nc2ccc([N+](=O)[O-])cc2[N+](=O)[O-])cc1. The molecule has 0 spiro atoms. The van der Waals surface area contributed by atoms with Crippen molar-refractivity contribution in [3.8, 4) is 0 Å². The molecule has 0 amide bonds. The van der Waals surface area contributed by atoms with E-state index in [0.29, 0.717) is 11.6 Å². The summed E-state index contributed by atoms with van der Waals surface area (Å²) in [5.74, 6) is 0.391. The Morgan fingerprint density at radius 3 is 2.09 bits per heavy atom. The van der Waals surface area contributed by atoms with Crippen LogP contribution >= 0.6 is 0 Å². The number of nitro groups is 2. The summed E-state index contributed by atoms with van der Waals surface area (Å²) in [6.07, 6.45) is 0. The van der Waals surface area contributed by atoms with Gasteiger partial charge in [-0.25, -0.2) is 0 Å². The number of rotatable bonds is 5. The van der Waals surface area contributed by atoms with E-state index in [9.17, 15) is 20.2 Å². The van der Waals surface area contributed by atoms with Crippen LogP contribution in [0.15, 0.2) is 42.5 Å². The molecule has 0 heterocycles. The van der Waals surface area contributed by atoms with E-state index < -0.39 is 9.85 Å². The Hall–Kier alpha value is -2.96. The Morgan fingerprint density at radius 2 is 1.59 bits per heavy atom. The molecular formula is C15H15N3O4. The van der Waals surface area contributed by atoms with Crippen molar-refractivity contribution < 1.29 is 9.85 Å². The van der Waals surface area contributed by atoms with Crippen LogP contribution in [-0.2, 0) is 0 Å². The van der Waals surface area contributed by atoms with E-state index in [1.54, 1.807) is 0 Å². The molecule has 2 aromatic rings. The topological polar surface area (TPSA) is 98.3 Å². The van der Waals surface area contributed by atoms with Crippen molar-refractivity contribution in [3.05, 3.63) is 68.3 Å². The van der Waals surface area contributed by atoms with Gasteiger partial charge in [0.25, 0.3) is 11.4 Å². The van der Waals surface area contributed by atoms with Gasteiger partial charge in [-0.05, 0) is 29.7 Å². The predicted molar refractivity (Wildman–Crippen MR) is 83.6 cm³/mol. The smallest absolute Gasteiger partial charge is 0.299 e. The fourth-order valence-electron chi connectivity index (χ4n) is 2.00. The van der Waals surface area contributed by atoms with Crippen LogP contribution in [0.5, 0.6) is 0 Å². The summed E-state index contributed by atoms with van der Waals surface area (Å²) in [6.45, 7) is 4.15. The van der Waals surface area contributed by atoms with Gasteiger partial charge in [-0.15, -0.1) is 0 Å². The third-order valence-electron chi connectivity index (χ3n) is 3.25. The molecule has 1 N–H and O–H groups in total. The molecule has 7 nitrogen and oxygen atoms in total. The standard InChI is InChI=1S/C15H15N3O4/c1-10(2)11-3-5-12(6-4-11)16-14-8-7-13(17(19)20)9-15(14)18(21)22/h3-10,16H,1-2H3. The highest BCUT2D eigenvalue weighted by molar-refractivity contribution is 5.71. The van der Waals surface area contributed by atoms with E-state index >= 15 is 0 Å². The second kappa shape index (κ2) is 6.21. The summed E-state index contributed by atoms with van der Waals surface area (Å²) < 4.78 is 0. The zero-order valence-corrected chi connectivity index (χ0v) is 12.1. The van der Waals surface area contributed by atoms with Gasteiger partial charge in [-0.2, -0.15) is 0 Å². The van der Waals surface area contributed by atoms with Gasteiger partial charge in [-0.3, -0.25) is 20.2 Å². The fraction of sp³-hybridized carbons (Fsp3) is 0.200. The first-order valence-corrected chi connectivity index (χ1v) is 6.68. The maximum atomic E-state index is 11.1. The molecule has 0 aliphatic heterocycles. The van der Waals surface area contributed by atoms with Crippen LogP contribution in [0.4, 0.5) is 22.7 Å². The minimum absolute atomic E-state index is 0.216. The van der Waals surface area contributed by atoms with Crippen molar-refractivity contribution in [2.75, 3.05) is 5.32 Å². The summed E-state index contributed by atoms with van der Waals surface area (Å²) in [6, 6.07) is 11.0. The molecule has 0 atom stereocenters. The van der Waals surface area contributed by atoms with Crippen LogP contribution in [-0.4, -0.2) is 9.85 Å². The number of nitrogens with zero attached hydrogens (tertiary/aromatic N) is 2. The van der Waals surface area contributed by atoms with E-state index in [0.717, 1.165) is 11.6 Å². The number of non-ortho nitro benzene ring substituents is 1. The fourth-order valence-corrected chi connectivity index (χ4v) is 2.00. The maximum Gasteiger partial charge on any atom is 0.299 e. The lowest BCUT2D eigenvalue weighted by Gasteiger charge is -2.09. The summed E-state index contributed by atoms with van der Waals surface area (Å²) in [5.41, 5.74) is 1.41. The van der Waals surface area contributed by atoms with E-state index in [-0.39, 0.29) is 17.1 Å².